The maximum absolute atomic E-state index is 13.1. The molecule has 0 aliphatic heterocycles. The molecule has 4 heteroatoms. The van der Waals surface area contributed by atoms with Crippen molar-refractivity contribution in [1.29, 1.82) is 0 Å². The highest BCUT2D eigenvalue weighted by Crippen LogP contribution is 2.32. The van der Waals surface area contributed by atoms with E-state index in [2.05, 4.69) is 39.1 Å². The minimum absolute atomic E-state index is 0.172. The quantitative estimate of drug-likeness (QED) is 0.831. The molecule has 3 rings (SSSR count). The van der Waals surface area contributed by atoms with Crippen LogP contribution in [0.4, 0.5) is 0 Å². The van der Waals surface area contributed by atoms with E-state index in [1.54, 1.807) is 0 Å². The zero-order chi connectivity index (χ0) is 19.8. The molecule has 27 heavy (non-hydrogen) atoms. The average molecular weight is 365 g/mol. The predicted octanol–water partition coefficient (Wildman–Crippen LogP) is 4.29. The van der Waals surface area contributed by atoms with Gasteiger partial charge in [-0.15, -0.1) is 0 Å². The summed E-state index contributed by atoms with van der Waals surface area (Å²) in [4.78, 5) is 25.2. The smallest absolute Gasteiger partial charge is 0.330 e. The highest BCUT2D eigenvalue weighted by Gasteiger charge is 2.45. The van der Waals surface area contributed by atoms with E-state index < -0.39 is 11.5 Å². The van der Waals surface area contributed by atoms with Gasteiger partial charge in [-0.1, -0.05) is 64.1 Å². The Morgan fingerprint density at radius 2 is 1.56 bits per heavy atom. The van der Waals surface area contributed by atoms with Crippen LogP contribution in [-0.4, -0.2) is 22.5 Å². The number of carboxylic acids is 1. The van der Waals surface area contributed by atoms with Crippen molar-refractivity contribution in [2.75, 3.05) is 0 Å². The third kappa shape index (κ3) is 3.61. The van der Waals surface area contributed by atoms with E-state index in [1.807, 2.05) is 36.4 Å². The van der Waals surface area contributed by atoms with Crippen LogP contribution in [0, 0.1) is 0 Å². The number of benzene rings is 2. The lowest BCUT2D eigenvalue weighted by Crippen LogP contribution is -2.55. The van der Waals surface area contributed by atoms with Gasteiger partial charge < -0.3 is 10.4 Å². The van der Waals surface area contributed by atoms with Crippen molar-refractivity contribution in [3.8, 4) is 0 Å². The molecule has 0 unspecified atom stereocenters. The Morgan fingerprint density at radius 1 is 0.963 bits per heavy atom. The monoisotopic (exact) mass is 365 g/mol. The molecule has 0 aromatic heterocycles. The molecule has 2 aromatic carbocycles. The van der Waals surface area contributed by atoms with E-state index in [0.717, 1.165) is 16.7 Å². The van der Waals surface area contributed by atoms with E-state index in [9.17, 15) is 14.7 Å². The molecule has 1 aliphatic rings. The third-order valence-corrected chi connectivity index (χ3v) is 5.47. The van der Waals surface area contributed by atoms with Gasteiger partial charge in [0.25, 0.3) is 5.91 Å². The number of fused-ring (bicyclic) bond motifs is 1. The second-order valence-corrected chi connectivity index (χ2v) is 8.12. The number of nitrogens with one attached hydrogen (secondary N) is 1. The Balaban J connectivity index is 1.93. The molecule has 0 radical (unpaired) electrons. The average Bonchev–Trinajstić information content (AvgIpc) is 3.00. The highest BCUT2D eigenvalue weighted by atomic mass is 16.4. The van der Waals surface area contributed by atoms with Crippen LogP contribution in [0.5, 0.6) is 0 Å². The lowest BCUT2D eigenvalue weighted by molar-refractivity contribution is -0.144. The summed E-state index contributed by atoms with van der Waals surface area (Å²) in [6.45, 7) is 8.34. The fourth-order valence-electron chi connectivity index (χ4n) is 3.82. The van der Waals surface area contributed by atoms with Crippen LogP contribution in [0.1, 0.15) is 72.1 Å². The molecule has 2 aromatic rings. The Morgan fingerprint density at radius 3 is 2.04 bits per heavy atom. The van der Waals surface area contributed by atoms with Crippen molar-refractivity contribution in [2.24, 2.45) is 0 Å². The van der Waals surface area contributed by atoms with E-state index in [1.165, 1.54) is 5.56 Å². The Bertz CT molecular complexity index is 858. The molecular weight excluding hydrogens is 338 g/mol. The number of amides is 1. The summed E-state index contributed by atoms with van der Waals surface area (Å²) in [5, 5.41) is 12.8. The van der Waals surface area contributed by atoms with Gasteiger partial charge in [-0.25, -0.2) is 4.79 Å². The van der Waals surface area contributed by atoms with Crippen LogP contribution in [0.25, 0.3) is 0 Å². The van der Waals surface area contributed by atoms with Gasteiger partial charge in [0, 0.05) is 18.4 Å². The van der Waals surface area contributed by atoms with E-state index in [0.29, 0.717) is 24.3 Å². The number of carboxylic acid groups (broad SMARTS) is 1. The normalized spacial score (nSPS) is 15.0. The van der Waals surface area contributed by atoms with Crippen molar-refractivity contribution in [2.45, 2.75) is 57.9 Å². The minimum atomic E-state index is -1.29. The van der Waals surface area contributed by atoms with Crippen LogP contribution in [0.3, 0.4) is 0 Å². The van der Waals surface area contributed by atoms with E-state index >= 15 is 0 Å². The fraction of sp³-hybridized carbons (Fsp3) is 0.391. The zero-order valence-electron chi connectivity index (χ0n) is 16.4. The molecular formula is C23H27NO3. The first-order valence-corrected chi connectivity index (χ1v) is 9.50. The number of carbonyl (C=O) groups is 2. The van der Waals surface area contributed by atoms with Crippen LogP contribution in [0.15, 0.2) is 42.5 Å². The maximum atomic E-state index is 13.1. The molecule has 142 valence electrons. The second-order valence-electron chi connectivity index (χ2n) is 8.12. The van der Waals surface area contributed by atoms with Crippen molar-refractivity contribution in [3.05, 3.63) is 70.3 Å². The molecule has 0 spiro atoms. The van der Waals surface area contributed by atoms with Crippen LogP contribution >= 0.6 is 0 Å². The van der Waals surface area contributed by atoms with Crippen LogP contribution in [-0.2, 0) is 17.6 Å². The van der Waals surface area contributed by atoms with Gasteiger partial charge in [0.2, 0.25) is 0 Å². The number of carbonyl (C=O) groups excluding carboxylic acids is 1. The number of hydrogen-bond donors (Lipinski definition) is 2. The van der Waals surface area contributed by atoms with Crippen molar-refractivity contribution in [3.63, 3.8) is 0 Å². The van der Waals surface area contributed by atoms with Crippen molar-refractivity contribution < 1.29 is 14.7 Å². The van der Waals surface area contributed by atoms with Gasteiger partial charge >= 0.3 is 5.97 Å². The van der Waals surface area contributed by atoms with Crippen LogP contribution in [0.2, 0.25) is 0 Å². The number of hydrogen-bond acceptors (Lipinski definition) is 2. The molecule has 4 nitrogen and oxygen atoms in total. The fourth-order valence-corrected chi connectivity index (χ4v) is 3.82. The van der Waals surface area contributed by atoms with Gasteiger partial charge in [-0.05, 0) is 40.2 Å². The SMILES string of the molecule is CC(C)c1ccc(C(=O)NC2(C(=O)O)Cc3ccccc3C2)c(C(C)C)c1. The number of aliphatic carboxylic acids is 1. The highest BCUT2D eigenvalue weighted by molar-refractivity contribution is 5.99. The molecule has 1 aliphatic carbocycles. The molecule has 2 N–H and O–H groups in total. The van der Waals surface area contributed by atoms with Gasteiger partial charge in [0.05, 0.1) is 0 Å². The lowest BCUT2D eigenvalue weighted by Gasteiger charge is -2.26. The standard InChI is InChI=1S/C23H27NO3/c1-14(2)16-9-10-19(20(11-16)15(3)4)21(25)24-23(22(26)27)12-17-7-5-6-8-18(17)13-23/h5-11,14-15H,12-13H2,1-4H3,(H,24,25)(H,26,27). The summed E-state index contributed by atoms with van der Waals surface area (Å²) in [7, 11) is 0. The third-order valence-electron chi connectivity index (χ3n) is 5.47. The Kier molecular flexibility index (Phi) is 5.09. The lowest BCUT2D eigenvalue weighted by atomic mass is 9.90. The number of rotatable bonds is 5. The largest absolute Gasteiger partial charge is 0.479 e. The van der Waals surface area contributed by atoms with Gasteiger partial charge in [0.1, 0.15) is 5.54 Å². The molecule has 0 saturated heterocycles. The molecule has 0 atom stereocenters. The summed E-state index contributed by atoms with van der Waals surface area (Å²) >= 11 is 0. The molecule has 1 amide bonds. The summed E-state index contributed by atoms with van der Waals surface area (Å²) in [6, 6.07) is 13.5. The molecule has 0 saturated carbocycles. The van der Waals surface area contributed by atoms with Gasteiger partial charge in [-0.3, -0.25) is 4.79 Å². The first-order valence-electron chi connectivity index (χ1n) is 9.50. The Hall–Kier alpha value is -2.62. The van der Waals surface area contributed by atoms with Crippen molar-refractivity contribution in [1.82, 2.24) is 5.32 Å². The summed E-state index contributed by atoms with van der Waals surface area (Å²) in [6.07, 6.45) is 0.622. The van der Waals surface area contributed by atoms with Crippen LogP contribution < -0.4 is 5.32 Å². The summed E-state index contributed by atoms with van der Waals surface area (Å²) in [5.74, 6) is -0.763. The first-order chi connectivity index (χ1) is 12.7. The minimum Gasteiger partial charge on any atom is -0.479 e. The van der Waals surface area contributed by atoms with Crippen molar-refractivity contribution >= 4 is 11.9 Å². The molecule has 0 bridgehead atoms. The second kappa shape index (κ2) is 7.18. The maximum Gasteiger partial charge on any atom is 0.330 e. The van der Waals surface area contributed by atoms with E-state index in [4.69, 9.17) is 0 Å². The topological polar surface area (TPSA) is 66.4 Å². The zero-order valence-corrected chi connectivity index (χ0v) is 16.4. The Labute approximate surface area is 160 Å². The summed E-state index contributed by atoms with van der Waals surface area (Å²) < 4.78 is 0. The predicted molar refractivity (Wildman–Crippen MR) is 106 cm³/mol. The summed E-state index contributed by atoms with van der Waals surface area (Å²) in [5.41, 5.74) is 3.38. The van der Waals surface area contributed by atoms with Gasteiger partial charge in [-0.2, -0.15) is 0 Å². The van der Waals surface area contributed by atoms with Gasteiger partial charge in [0.15, 0.2) is 0 Å². The first kappa shape index (κ1) is 19.2. The van der Waals surface area contributed by atoms with E-state index in [-0.39, 0.29) is 11.8 Å². The molecule has 0 fully saturated rings. The molecule has 0 heterocycles.